The summed E-state index contributed by atoms with van der Waals surface area (Å²) in [5.41, 5.74) is 2.01. The van der Waals surface area contributed by atoms with E-state index in [1.807, 2.05) is 26.0 Å². The summed E-state index contributed by atoms with van der Waals surface area (Å²) in [6.07, 6.45) is 3.30. The van der Waals surface area contributed by atoms with Crippen LogP contribution in [0.15, 0.2) is 24.7 Å². The van der Waals surface area contributed by atoms with Crippen LogP contribution in [0.25, 0.3) is 5.82 Å². The van der Waals surface area contributed by atoms with E-state index in [1.165, 1.54) is 0 Å². The smallest absolute Gasteiger partial charge is 0.157 e. The Morgan fingerprint density at radius 3 is 2.69 bits per heavy atom. The highest BCUT2D eigenvalue weighted by Gasteiger charge is 2.01. The van der Waals surface area contributed by atoms with E-state index in [9.17, 15) is 0 Å². The van der Waals surface area contributed by atoms with Gasteiger partial charge in [-0.25, -0.2) is 14.6 Å². The maximum absolute atomic E-state index is 4.15. The normalized spacial score (nSPS) is 10.3. The Labute approximate surface area is 76.3 Å². The zero-order valence-corrected chi connectivity index (χ0v) is 7.60. The molecule has 0 unspecified atom stereocenters. The van der Waals surface area contributed by atoms with E-state index >= 15 is 0 Å². The molecule has 0 aromatic carbocycles. The van der Waals surface area contributed by atoms with Crippen LogP contribution in [0.5, 0.6) is 0 Å². The summed E-state index contributed by atoms with van der Waals surface area (Å²) < 4.78 is 1.79. The molecule has 4 heteroatoms. The number of aromatic nitrogens is 4. The molecule has 0 amide bonds. The van der Waals surface area contributed by atoms with Crippen LogP contribution in [-0.4, -0.2) is 19.7 Å². The summed E-state index contributed by atoms with van der Waals surface area (Å²) in [4.78, 5) is 8.16. The number of aryl methyl sites for hydroxylation is 2. The number of hydrogen-bond acceptors (Lipinski definition) is 3. The Morgan fingerprint density at radius 1 is 1.23 bits per heavy atom. The highest BCUT2D eigenvalue weighted by atomic mass is 15.3. The Hall–Kier alpha value is -1.71. The summed E-state index contributed by atoms with van der Waals surface area (Å²) in [5.74, 6) is 0.815. The lowest BCUT2D eigenvalue weighted by Crippen LogP contribution is -2.02. The molecule has 0 atom stereocenters. The van der Waals surface area contributed by atoms with Gasteiger partial charge >= 0.3 is 0 Å². The molecule has 2 rings (SSSR count). The van der Waals surface area contributed by atoms with Gasteiger partial charge in [-0.2, -0.15) is 5.10 Å². The van der Waals surface area contributed by atoms with E-state index in [1.54, 1.807) is 17.2 Å². The predicted molar refractivity (Wildman–Crippen MR) is 48.6 cm³/mol. The molecule has 0 radical (unpaired) electrons. The van der Waals surface area contributed by atoms with Crippen molar-refractivity contribution in [2.45, 2.75) is 13.8 Å². The van der Waals surface area contributed by atoms with Gasteiger partial charge < -0.3 is 0 Å². The molecule has 0 aliphatic heterocycles. The van der Waals surface area contributed by atoms with E-state index in [0.717, 1.165) is 17.2 Å². The van der Waals surface area contributed by atoms with Gasteiger partial charge in [0.2, 0.25) is 0 Å². The second kappa shape index (κ2) is 2.97. The molecule has 0 saturated heterocycles. The van der Waals surface area contributed by atoms with E-state index in [0.29, 0.717) is 0 Å². The second-order valence-corrected chi connectivity index (χ2v) is 2.90. The Balaban J connectivity index is 2.53. The average Bonchev–Trinajstić information content (AvgIpc) is 2.51. The molecule has 2 heterocycles. The fourth-order valence-electron chi connectivity index (χ4n) is 1.17. The van der Waals surface area contributed by atoms with Gasteiger partial charge in [0.05, 0.1) is 0 Å². The molecule has 2 aromatic heterocycles. The lowest BCUT2D eigenvalue weighted by molar-refractivity contribution is 0.808. The predicted octanol–water partition coefficient (Wildman–Crippen LogP) is 1.28. The monoisotopic (exact) mass is 174 g/mol. The molecule has 0 aliphatic rings. The van der Waals surface area contributed by atoms with Gasteiger partial charge in [-0.05, 0) is 19.9 Å². The third kappa shape index (κ3) is 1.42. The van der Waals surface area contributed by atoms with Crippen LogP contribution in [-0.2, 0) is 0 Å². The molecule has 0 spiro atoms. The van der Waals surface area contributed by atoms with Crippen molar-refractivity contribution in [1.29, 1.82) is 0 Å². The molecule has 66 valence electrons. The molecule has 0 aliphatic carbocycles. The van der Waals surface area contributed by atoms with E-state index in [2.05, 4.69) is 15.1 Å². The fraction of sp³-hybridized carbons (Fsp3) is 0.222. The molecular formula is C9H10N4. The van der Waals surface area contributed by atoms with Crippen LogP contribution in [0.2, 0.25) is 0 Å². The van der Waals surface area contributed by atoms with Gasteiger partial charge in [0.15, 0.2) is 5.82 Å². The van der Waals surface area contributed by atoms with Crippen molar-refractivity contribution in [3.8, 4) is 5.82 Å². The minimum absolute atomic E-state index is 0.815. The Morgan fingerprint density at radius 2 is 2.08 bits per heavy atom. The van der Waals surface area contributed by atoms with Gasteiger partial charge in [0.25, 0.3) is 0 Å². The van der Waals surface area contributed by atoms with Crippen LogP contribution in [0.4, 0.5) is 0 Å². The molecule has 2 aromatic rings. The quantitative estimate of drug-likeness (QED) is 0.654. The summed E-state index contributed by atoms with van der Waals surface area (Å²) in [7, 11) is 0. The number of nitrogens with zero attached hydrogens (tertiary/aromatic N) is 4. The maximum Gasteiger partial charge on any atom is 0.157 e. The highest BCUT2D eigenvalue weighted by molar-refractivity contribution is 5.24. The van der Waals surface area contributed by atoms with Gasteiger partial charge in [-0.3, -0.25) is 0 Å². The van der Waals surface area contributed by atoms with Gasteiger partial charge in [0, 0.05) is 23.7 Å². The first-order valence-electron chi connectivity index (χ1n) is 4.07. The first-order valence-corrected chi connectivity index (χ1v) is 4.07. The van der Waals surface area contributed by atoms with Gasteiger partial charge in [-0.15, -0.1) is 0 Å². The van der Waals surface area contributed by atoms with Crippen LogP contribution in [0, 0.1) is 13.8 Å². The first kappa shape index (κ1) is 7.91. The largest absolute Gasteiger partial charge is 0.242 e. The standard InChI is InChI=1S/C9H10N4/c1-7-5-9(11-6-10-7)13-8(2)3-4-12-13/h3-6H,1-2H3. The summed E-state index contributed by atoms with van der Waals surface area (Å²) in [5, 5.41) is 4.15. The molecule has 0 saturated carbocycles. The van der Waals surface area contributed by atoms with Crippen molar-refractivity contribution in [2.24, 2.45) is 0 Å². The van der Waals surface area contributed by atoms with Crippen molar-refractivity contribution in [3.63, 3.8) is 0 Å². The van der Waals surface area contributed by atoms with Crippen molar-refractivity contribution in [3.05, 3.63) is 36.0 Å². The number of hydrogen-bond donors (Lipinski definition) is 0. The molecule has 13 heavy (non-hydrogen) atoms. The van der Waals surface area contributed by atoms with Crippen LogP contribution >= 0.6 is 0 Å². The summed E-state index contributed by atoms with van der Waals surface area (Å²) in [6, 6.07) is 3.84. The molecule has 0 bridgehead atoms. The topological polar surface area (TPSA) is 43.6 Å². The maximum atomic E-state index is 4.15. The summed E-state index contributed by atoms with van der Waals surface area (Å²) >= 11 is 0. The third-order valence-corrected chi connectivity index (χ3v) is 1.84. The van der Waals surface area contributed by atoms with Crippen molar-refractivity contribution < 1.29 is 0 Å². The minimum Gasteiger partial charge on any atom is -0.242 e. The highest BCUT2D eigenvalue weighted by Crippen LogP contribution is 2.06. The van der Waals surface area contributed by atoms with Crippen LogP contribution in [0.3, 0.4) is 0 Å². The van der Waals surface area contributed by atoms with Gasteiger partial charge in [-0.1, -0.05) is 0 Å². The molecule has 4 nitrogen and oxygen atoms in total. The first-order chi connectivity index (χ1) is 6.27. The van der Waals surface area contributed by atoms with Crippen molar-refractivity contribution in [1.82, 2.24) is 19.7 Å². The molecule has 0 fully saturated rings. The SMILES string of the molecule is Cc1cc(-n2nccc2C)ncn1. The lowest BCUT2D eigenvalue weighted by atomic mass is 10.4. The minimum atomic E-state index is 0.815. The molecule has 0 N–H and O–H groups in total. The Kier molecular flexibility index (Phi) is 1.81. The Bertz CT molecular complexity index is 419. The average molecular weight is 174 g/mol. The lowest BCUT2D eigenvalue weighted by Gasteiger charge is -2.02. The van der Waals surface area contributed by atoms with E-state index < -0.39 is 0 Å². The van der Waals surface area contributed by atoms with Crippen LogP contribution < -0.4 is 0 Å². The van der Waals surface area contributed by atoms with Gasteiger partial charge in [0.1, 0.15) is 6.33 Å². The van der Waals surface area contributed by atoms with Crippen molar-refractivity contribution >= 4 is 0 Å². The fourth-order valence-corrected chi connectivity index (χ4v) is 1.17. The van der Waals surface area contributed by atoms with E-state index in [4.69, 9.17) is 0 Å². The van der Waals surface area contributed by atoms with Crippen LogP contribution in [0.1, 0.15) is 11.4 Å². The second-order valence-electron chi connectivity index (χ2n) is 2.90. The van der Waals surface area contributed by atoms with Crippen molar-refractivity contribution in [2.75, 3.05) is 0 Å². The summed E-state index contributed by atoms with van der Waals surface area (Å²) in [6.45, 7) is 3.93. The number of rotatable bonds is 1. The zero-order chi connectivity index (χ0) is 9.26. The molecular weight excluding hydrogens is 164 g/mol. The third-order valence-electron chi connectivity index (χ3n) is 1.84. The zero-order valence-electron chi connectivity index (χ0n) is 7.60. The van der Waals surface area contributed by atoms with E-state index in [-0.39, 0.29) is 0 Å².